The van der Waals surface area contributed by atoms with Crippen LogP contribution in [-0.2, 0) is 81.0 Å². The van der Waals surface area contributed by atoms with Crippen LogP contribution in [0, 0.1) is 17.8 Å². The number of nitrogens with one attached hydrogen (secondary N) is 9. The molecule has 0 fully saturated rings. The predicted molar refractivity (Wildman–Crippen MR) is 408 cm³/mol. The van der Waals surface area contributed by atoms with Crippen molar-refractivity contribution in [2.24, 2.45) is 17.8 Å². The van der Waals surface area contributed by atoms with Crippen molar-refractivity contribution in [3.8, 4) is 0 Å². The Balaban J connectivity index is 0.000000347. The molecule has 0 spiro atoms. The SMILES string of the molecule is CC[C@H](C)[C@H](NC(CCc1ccccc1)P(=O)(O)O)C(=O)N[C@@H](Cc1c[nH]c2ccccc12)C(=O)[O-].CC[C@H](C)[C@H](NC(CCc1ccccc1)P(=O)(O)O)C(=O)N[C@@H](Cc1c[nH]c2ccccc12)C(=O)[O-].CC[C@H](C)[C@H](NC(CCc1ccccc1)P(=O)(O)O)C(=O)N[C@@H](Cc1c[nH]c2ccccc12)C(=O)[O-].[K+].[K+].[K+]. The van der Waals surface area contributed by atoms with E-state index in [1.165, 1.54) is 0 Å². The molecule has 0 aliphatic rings. The number of aromatic amines is 3. The van der Waals surface area contributed by atoms with Crippen molar-refractivity contribution in [2.75, 3.05) is 0 Å². The molecule has 6 aromatic carbocycles. The summed E-state index contributed by atoms with van der Waals surface area (Å²) < 4.78 is 36.8. The van der Waals surface area contributed by atoms with Crippen molar-refractivity contribution in [2.45, 2.75) is 172 Å². The third kappa shape index (κ3) is 31.4. The second-order valence-corrected chi connectivity index (χ2v) is 32.7. The van der Waals surface area contributed by atoms with Crippen LogP contribution < -0.4 is 201 Å². The zero-order valence-electron chi connectivity index (χ0n) is 64.2. The van der Waals surface area contributed by atoms with Crippen LogP contribution in [-0.4, -0.2) is 134 Å². The number of carbonyl (C=O) groups is 6. The molecule has 15 N–H and O–H groups in total. The number of aromatic nitrogens is 3. The van der Waals surface area contributed by atoms with Crippen molar-refractivity contribution in [1.29, 1.82) is 0 Å². The van der Waals surface area contributed by atoms with E-state index in [-0.39, 0.29) is 210 Å². The van der Waals surface area contributed by atoms with Gasteiger partial charge in [-0.1, -0.05) is 206 Å². The standard InChI is InChI=1S/3C26H34N3O6P.3K/c3*1-3-17(2)24(29-23(36(33,34)35)14-13-18-9-5-4-6-10-18)25(30)28-22(26(31)32)15-19-16-27-21-12-8-7-11-20(19)21;;;/h3*4-12,16-17,22-24,27,29H,3,13-15H2,1-2H3,(H,28,30)(H,31,32)(H2,33,34,35);;;/q;;;3*+1/p-3/t3*17-,22-,23?,24-;;;/m000.../s1. The number of carboxylic acids is 3. The van der Waals surface area contributed by atoms with Gasteiger partial charge in [-0.05, 0) is 108 Å². The quantitative estimate of drug-likeness (QED) is 0.0137. The van der Waals surface area contributed by atoms with Crippen LogP contribution in [0.4, 0.5) is 0 Å². The number of amides is 3. The molecule has 3 heterocycles. The van der Waals surface area contributed by atoms with Gasteiger partial charge < -0.3 is 90.0 Å². The molecule has 27 nitrogen and oxygen atoms in total. The van der Waals surface area contributed by atoms with E-state index in [1.807, 2.05) is 185 Å². The van der Waals surface area contributed by atoms with E-state index in [0.717, 1.165) is 49.4 Å². The van der Waals surface area contributed by atoms with E-state index in [1.54, 1.807) is 39.4 Å². The summed E-state index contributed by atoms with van der Waals surface area (Å²) in [5.41, 5.74) is 7.42. The van der Waals surface area contributed by atoms with E-state index in [2.05, 4.69) is 46.9 Å². The van der Waals surface area contributed by atoms with Crippen molar-refractivity contribution in [3.05, 3.63) is 216 Å². The summed E-state index contributed by atoms with van der Waals surface area (Å²) >= 11 is 0. The zero-order valence-corrected chi connectivity index (χ0v) is 76.2. The molecule has 12 atom stereocenters. The summed E-state index contributed by atoms with van der Waals surface area (Å²) in [5, 5.41) is 54.5. The van der Waals surface area contributed by atoms with E-state index in [9.17, 15) is 87.1 Å². The van der Waals surface area contributed by atoms with Gasteiger partial charge in [-0.25, -0.2) is 0 Å². The molecule has 111 heavy (non-hydrogen) atoms. The minimum absolute atomic E-state index is 0. The first-order valence-corrected chi connectivity index (χ1v) is 41.1. The molecular weight excluding hydrogens is 1560 g/mol. The number of rotatable bonds is 39. The molecule has 582 valence electrons. The summed E-state index contributed by atoms with van der Waals surface area (Å²) in [7, 11) is -13.8. The van der Waals surface area contributed by atoms with Crippen LogP contribution in [0.25, 0.3) is 32.7 Å². The monoisotopic (exact) mass is 1660 g/mol. The second kappa shape index (κ2) is 48.6. The number of carboxylic acid groups (broad SMARTS) is 3. The summed E-state index contributed by atoms with van der Waals surface area (Å²) in [6.45, 7) is 10.9. The number of aryl methyl sites for hydroxylation is 3. The normalized spacial score (nSPS) is 14.8. The van der Waals surface area contributed by atoms with Gasteiger partial charge in [-0.2, -0.15) is 0 Å². The number of para-hydroxylation sites is 3. The average Bonchev–Trinajstić information content (AvgIpc) is 1.63. The molecule has 0 aliphatic heterocycles. The minimum Gasteiger partial charge on any atom is -0.548 e. The average molecular weight is 1660 g/mol. The van der Waals surface area contributed by atoms with Crippen LogP contribution in [0.2, 0.25) is 0 Å². The molecule has 3 aromatic heterocycles. The Morgan fingerprint density at radius 1 is 0.360 bits per heavy atom. The van der Waals surface area contributed by atoms with Crippen LogP contribution >= 0.6 is 22.8 Å². The number of carbonyl (C=O) groups excluding carboxylic acids is 6. The fraction of sp³-hybridized carbons (Fsp3) is 0.385. The Morgan fingerprint density at radius 3 is 0.784 bits per heavy atom. The van der Waals surface area contributed by atoms with Gasteiger partial charge in [0.2, 0.25) is 17.7 Å². The predicted octanol–water partition coefficient (Wildman–Crippen LogP) is -2.73. The van der Waals surface area contributed by atoms with Crippen LogP contribution in [0.1, 0.15) is 113 Å². The molecule has 3 unspecified atom stereocenters. The van der Waals surface area contributed by atoms with E-state index >= 15 is 0 Å². The molecule has 0 saturated carbocycles. The maximum atomic E-state index is 13.3. The summed E-state index contributed by atoms with van der Waals surface area (Å²) in [6.07, 6.45) is 8.24. The fourth-order valence-electron chi connectivity index (χ4n) is 12.6. The maximum absolute atomic E-state index is 13.3. The third-order valence-electron chi connectivity index (χ3n) is 19.6. The fourth-order valence-corrected chi connectivity index (χ4v) is 15.1. The molecule has 0 radical (unpaired) electrons. The summed E-state index contributed by atoms with van der Waals surface area (Å²) in [6, 6.07) is 43.1. The number of hydrogen-bond acceptors (Lipinski definition) is 15. The molecular formula is C78H99K3N9O18P3. The van der Waals surface area contributed by atoms with Gasteiger partial charge in [0.15, 0.2) is 0 Å². The molecule has 33 heteroatoms. The van der Waals surface area contributed by atoms with Gasteiger partial charge in [0.25, 0.3) is 0 Å². The maximum Gasteiger partial charge on any atom is 1.00 e. The Hall–Kier alpha value is -4.00. The number of aliphatic carboxylic acids is 3. The number of benzene rings is 6. The Kier molecular flexibility index (Phi) is 43.5. The largest absolute Gasteiger partial charge is 1.00 e. The second-order valence-electron chi connectivity index (χ2n) is 27.3. The Labute approximate surface area is 774 Å². The Bertz CT molecular complexity index is 4100. The molecule has 0 saturated heterocycles. The van der Waals surface area contributed by atoms with Gasteiger partial charge in [0.1, 0.15) is 17.3 Å². The molecule has 9 rings (SSSR count). The van der Waals surface area contributed by atoms with Crippen LogP contribution in [0.5, 0.6) is 0 Å². The minimum atomic E-state index is -4.61. The third-order valence-corrected chi connectivity index (χ3v) is 23.2. The molecule has 9 aromatic rings. The van der Waals surface area contributed by atoms with Gasteiger partial charge in [-0.15, -0.1) is 0 Å². The van der Waals surface area contributed by atoms with Gasteiger partial charge in [-0.3, -0.25) is 44.0 Å². The smallest absolute Gasteiger partial charge is 0.548 e. The van der Waals surface area contributed by atoms with Gasteiger partial charge in [0, 0.05) is 70.6 Å². The first-order chi connectivity index (χ1) is 51.3. The summed E-state index contributed by atoms with van der Waals surface area (Å²) in [4.78, 5) is 145. The van der Waals surface area contributed by atoms with E-state index < -0.39 is 112 Å². The van der Waals surface area contributed by atoms with Crippen molar-refractivity contribution in [3.63, 3.8) is 0 Å². The van der Waals surface area contributed by atoms with Gasteiger partial charge in [0.05, 0.1) is 54.2 Å². The van der Waals surface area contributed by atoms with E-state index in [4.69, 9.17) is 0 Å². The van der Waals surface area contributed by atoms with Crippen molar-refractivity contribution >= 4 is 91.1 Å². The summed E-state index contributed by atoms with van der Waals surface area (Å²) in [5.74, 6) is -11.0. The number of fused-ring (bicyclic) bond motifs is 3. The van der Waals surface area contributed by atoms with Crippen LogP contribution in [0.15, 0.2) is 182 Å². The zero-order chi connectivity index (χ0) is 78.9. The van der Waals surface area contributed by atoms with Gasteiger partial charge >= 0.3 is 177 Å². The Morgan fingerprint density at radius 2 is 0.577 bits per heavy atom. The first kappa shape index (κ1) is 99.4. The molecule has 3 amide bonds. The van der Waals surface area contributed by atoms with E-state index in [0.29, 0.717) is 55.2 Å². The van der Waals surface area contributed by atoms with Crippen molar-refractivity contribution in [1.82, 2.24) is 46.9 Å². The number of H-pyrrole nitrogens is 3. The molecule has 0 bridgehead atoms. The van der Waals surface area contributed by atoms with Crippen molar-refractivity contribution < 1.29 is 241 Å². The molecule has 0 aliphatic carbocycles. The topological polar surface area (TPSA) is 464 Å². The van der Waals surface area contributed by atoms with Crippen LogP contribution in [0.3, 0.4) is 0 Å². The first-order valence-electron chi connectivity index (χ1n) is 36.0. The number of hydrogen-bond donors (Lipinski definition) is 15.